The van der Waals surface area contributed by atoms with E-state index in [1.165, 1.54) is 24.3 Å². The predicted molar refractivity (Wildman–Crippen MR) is 1010 cm³/mol. The van der Waals surface area contributed by atoms with Crippen LogP contribution in [0.4, 0.5) is 0 Å². The maximum Gasteiger partial charge on any atom is 1.00 e. The van der Waals surface area contributed by atoms with Crippen LogP contribution in [0.15, 0.2) is 29.8 Å². The van der Waals surface area contributed by atoms with E-state index >= 15 is 0 Å². The second-order valence-electron chi connectivity index (χ2n) is 21.1. The van der Waals surface area contributed by atoms with Crippen LogP contribution in [-0.2, 0) is 1170 Å². The van der Waals surface area contributed by atoms with Crippen molar-refractivity contribution in [1.29, 1.82) is 0 Å². The van der Waals surface area contributed by atoms with Crippen molar-refractivity contribution in [3.63, 3.8) is 0 Å². The predicted octanol–water partition coefficient (Wildman–Crippen LogP) is -0.226. The van der Waals surface area contributed by atoms with Gasteiger partial charge < -0.3 is 16.4 Å². The minimum absolute atomic E-state index is 0. The Balaban J connectivity index is 0.00000997. The molecule has 4 nitrogen and oxygen atoms in total. The van der Waals surface area contributed by atoms with Gasteiger partial charge in [0.1, 0.15) is 0 Å². The van der Waals surface area contributed by atoms with Crippen LogP contribution in [0.25, 0.3) is 0 Å². The van der Waals surface area contributed by atoms with Crippen LogP contribution in [0.2, 0.25) is 0 Å². The topological polar surface area (TPSA) is 60.4 Å². The van der Waals surface area contributed by atoms with Gasteiger partial charge in [0, 0.05) is 250 Å². The number of ether oxygens (including phenoxy) is 1. The van der Waals surface area contributed by atoms with Crippen LogP contribution in [0.5, 0.6) is 0 Å². The molecule has 0 spiro atoms. The Labute approximate surface area is 1300 Å². The molecule has 0 heterocycles. The van der Waals surface area contributed by atoms with E-state index in [0.717, 1.165) is 0 Å². The maximum atomic E-state index is 11.8. The third kappa shape index (κ3) is 29.5. The molecule has 0 aliphatic heterocycles. The Morgan fingerprint density at radius 1 is 0.224 bits per heavy atom. The molecule has 0 amide bonds. The molecular weight excluding hydrogens is 4470 g/mol. The fourth-order valence-corrected chi connectivity index (χ4v) is 1000. The Kier molecular flexibility index (Phi) is 72.1. The number of carbonyl (C=O) groups is 3. The average Bonchev–Trinajstić information content (AvgIpc) is 0.676. The summed E-state index contributed by atoms with van der Waals surface area (Å²) in [6.45, 7) is 3.57. The summed E-state index contributed by atoms with van der Waals surface area (Å²) in [5.74, 6) is -0.930. The molecule has 0 atom stereocenters. The van der Waals surface area contributed by atoms with Gasteiger partial charge in [0.05, 0.1) is 12.2 Å². The second kappa shape index (κ2) is 58.7. The molecule has 0 unspecified atom stereocenters. The monoisotopic (exact) mass is 4470 g/mol. The van der Waals surface area contributed by atoms with Crippen molar-refractivity contribution < 1.29 is 70.5 Å². The first-order chi connectivity index (χ1) is 61.8. The fourth-order valence-electron chi connectivity index (χ4n) is 5.92. The molecule has 0 bridgehead atoms. The Morgan fingerprint density at radius 2 is 0.347 bits per heavy atom. The summed E-state index contributed by atoms with van der Waals surface area (Å²) in [6, 6.07) is 4.41. The normalized spacial score (nSPS) is 16.6. The van der Waals surface area contributed by atoms with E-state index in [1.807, 2.05) is 0 Å². The minimum atomic E-state index is -4.33. The summed E-state index contributed by atoms with van der Waals surface area (Å²) < 4.78 is 2.05. The number of fused-ring (bicyclic) bond motifs is 1. The van der Waals surface area contributed by atoms with Crippen LogP contribution >= 0.6 is 21.2 Å². The smallest absolute Gasteiger partial charge is 0.694 e. The van der Waals surface area contributed by atoms with Gasteiger partial charge in [-0.05, 0) is 956 Å². The van der Waals surface area contributed by atoms with Crippen molar-refractivity contribution >= 4 is 1210 Å². The number of carbonyl (C=O) groups excluding carboxylic acids is 3. The number of hydrogen-bond acceptors (Lipinski definition) is 89. The van der Waals surface area contributed by atoms with Crippen molar-refractivity contribution in [2.45, 2.75) is 13.8 Å². The molecule has 0 N–H and O–H groups in total. The van der Waals surface area contributed by atoms with Crippen molar-refractivity contribution in [3.8, 4) is 0 Å². The van der Waals surface area contributed by atoms with Gasteiger partial charge in [-0.3, -0.25) is 9.59 Å². The molecular formula is C14H12IKO4S127. The van der Waals surface area contributed by atoms with E-state index in [1.54, 1.807) is 35.1 Å². The first kappa shape index (κ1) is 181. The summed E-state index contributed by atoms with van der Waals surface area (Å²) in [6.07, 6.45) is 1.29. The van der Waals surface area contributed by atoms with E-state index in [9.17, 15) is 14.4 Å². The van der Waals surface area contributed by atoms with E-state index in [2.05, 4.69) is 0 Å². The number of ketones is 2. The summed E-state index contributed by atoms with van der Waals surface area (Å²) >= 11 is 523. The van der Waals surface area contributed by atoms with Gasteiger partial charge in [0.15, 0.2) is 11.6 Å². The maximum absolute atomic E-state index is 11.8. The number of allylic oxidation sites excluding steroid dienone is 2. The van der Waals surface area contributed by atoms with Crippen LogP contribution in [0, 0.1) is 0 Å². The standard InChI is InChI=1S/C14H12O4.HIS127.K/c1-3-18-14(17)9-4-5-10-11(7-9)12(15)6-8(2)13(10)16;1-87(2,3)89(7,8)91(11,12)93(15,16)95(19,20)97(23,24)99(27,28)101(31,32)103(35,36)105(39,40)107(43,44)109(47,48)111(51,52)113(55,56)115(59,60)117(63,64)119(67,68)121(71,72)123(75,76)125(79,80)127(83,84)128(85,86)126(81,82)124(77,78)122(73,74)120(69,70)118(65,66)116(61,62)114(57,58)112(53,54)110(49,50)108(45,46)106(41,42)104(37,38)102(33,34)100(29,30)98(25,26)96(21,22)94(17,18)92(13,14)90(9,10)88(4,5)6;/h4-7H,3H2,1-2H3;(H,4,5,6);/q;;+1/p-1. The zero-order chi connectivity index (χ0) is 120. The Morgan fingerprint density at radius 3 is 0.463 bits per heavy atom. The van der Waals surface area contributed by atoms with Crippen molar-refractivity contribution in [2.24, 2.45) is 0 Å². The number of Topliss-reactive ketones (excluding diaryl/α,β-unsaturated/α-hetero) is 1. The van der Waals surface area contributed by atoms with Crippen LogP contribution in [0.1, 0.15) is 44.9 Å². The number of halogens is 1. The van der Waals surface area contributed by atoms with Gasteiger partial charge in [-0.2, -0.15) is 0 Å². The van der Waals surface area contributed by atoms with Crippen LogP contribution in [-0.4, -0.2) is 24.1 Å². The van der Waals surface area contributed by atoms with Gasteiger partial charge in [-0.25, -0.2) is 4.79 Å². The molecule has 2 rings (SSSR count). The molecule has 0 aromatic heterocycles. The molecule has 0 saturated carbocycles. The third-order valence-corrected chi connectivity index (χ3v) is 840. The van der Waals surface area contributed by atoms with E-state index < -0.39 is 223 Å². The molecule has 1 aliphatic rings. The van der Waals surface area contributed by atoms with Gasteiger partial charge in [0.2, 0.25) is 0 Å². The van der Waals surface area contributed by atoms with Crippen LogP contribution < -0.4 is 51.4 Å². The molecule has 133 heteroatoms. The SMILES string of the molecule is CCOC(=O)c1ccc2c(c1)C(=O)C=C(C)C2=O.S=S(=S)([S-])S(=S)(=S)S(=S)(=S)S(=S)(=S)S(=S)(=S)S(=S)(=S)S(=S)(=S)S(=S)(=S)S(=S)(=S)S(=S)(=S)S(=S)(=S)S(=S)(=S)S(=S)(=S)S(=S)(=S)S(=S)(=S)S(=S)(=S)S(=S)(=S)S(=S)(=S)S(=S)(=S)S(=S)(=S)S(=S)(=S)S(=S)(=S)S(=S)(=S)S(=S)(=S)S(=S)(=S)S(=S)(=S)S(=S)(=S)S(=S)(=S)S(=S)(=S)S(=S)(=S)S(=S)(=S)S(=S)(=S)S(=S)(=S)S(=S)(=S)S(=S)(=S)S(=S)(=S)S(=S)(=S)S(=S)(=S)S(=S)(=S)S(=S)(=S)S(=S)(=S)S(=S)(=S)I.[K+]. The summed E-state index contributed by atoms with van der Waals surface area (Å²) in [7, 11) is 0. The molecule has 0 fully saturated rings. The van der Waals surface area contributed by atoms with Gasteiger partial charge in [0.25, 0.3) is 0 Å². The zero-order valence-electron chi connectivity index (χ0n) is 63.4. The first-order valence-electron chi connectivity index (χ1n) is 26.8. The van der Waals surface area contributed by atoms with Gasteiger partial charge >= 0.3 is 57.4 Å². The van der Waals surface area contributed by atoms with Crippen molar-refractivity contribution in [2.75, 3.05) is 6.61 Å². The summed E-state index contributed by atoms with van der Waals surface area (Å²) in [5, 5.41) is -168. The molecule has 147 heavy (non-hydrogen) atoms. The Hall–Kier alpha value is 33.7. The van der Waals surface area contributed by atoms with Gasteiger partial charge in [-0.15, -0.1) is 5.21 Å². The number of esters is 1. The summed E-state index contributed by atoms with van der Waals surface area (Å²) in [5.41, 5.74) is 1.30. The molecule has 0 radical (unpaired) electrons. The third-order valence-electron chi connectivity index (χ3n) is 13.0. The largest absolute Gasteiger partial charge is 1.00 e. The van der Waals surface area contributed by atoms with E-state index in [4.69, 9.17) is 956 Å². The average molecular weight is 4480 g/mol. The fraction of sp³-hybridized carbons (Fsp3) is 0.214. The minimum Gasteiger partial charge on any atom is -0.694 e. The molecule has 1 aromatic carbocycles. The summed E-state index contributed by atoms with van der Waals surface area (Å²) in [4.78, 5) is 35.2. The molecule has 1 aliphatic carbocycles. The molecule has 862 valence electrons. The van der Waals surface area contributed by atoms with Crippen molar-refractivity contribution in [1.82, 2.24) is 0 Å². The van der Waals surface area contributed by atoms with E-state index in [0.29, 0.717) is 11.1 Å². The Bertz CT molecular complexity index is 10800. The van der Waals surface area contributed by atoms with Crippen LogP contribution in [0.3, 0.4) is 0 Å². The number of rotatable bonds is 43. The van der Waals surface area contributed by atoms with E-state index in [-0.39, 0.29) is 80.7 Å². The van der Waals surface area contributed by atoms with Gasteiger partial charge in [-0.1, -0.05) is 22.4 Å². The molecule has 1 aromatic rings. The van der Waals surface area contributed by atoms with Crippen molar-refractivity contribution in [3.05, 3.63) is 46.5 Å². The number of benzene rings is 1. The quantitative estimate of drug-likeness (QED) is 0.0216. The first-order valence-corrected chi connectivity index (χ1v) is 198. The zero-order valence-corrected chi connectivity index (χ0v) is 172. The molecule has 0 saturated heterocycles. The second-order valence-corrected chi connectivity index (χ2v) is 473. The number of hydrogen-bond donors (Lipinski definition) is 0.